The summed E-state index contributed by atoms with van der Waals surface area (Å²) in [6.07, 6.45) is 1.01. The first-order valence-electron chi connectivity index (χ1n) is 4.81. The minimum absolute atomic E-state index is 0.0180. The number of esters is 1. The number of rotatable bonds is 7. The van der Waals surface area contributed by atoms with Crippen LogP contribution in [-0.2, 0) is 32.5 Å². The summed E-state index contributed by atoms with van der Waals surface area (Å²) in [6.45, 7) is 1.12. The van der Waals surface area contributed by atoms with Crippen LogP contribution in [0, 0.1) is 0 Å². The maximum atomic E-state index is 11.5. The van der Waals surface area contributed by atoms with Gasteiger partial charge in [0, 0.05) is 20.3 Å². The first-order valence-corrected chi connectivity index (χ1v) is 6.27. The van der Waals surface area contributed by atoms with E-state index in [-0.39, 0.29) is 12.3 Å². The highest BCUT2D eigenvalue weighted by molar-refractivity contribution is 7.48. The molecule has 0 spiro atoms. The molecule has 1 amide bonds. The molecular formula is C9H16NO7P. The number of hydrogen-bond acceptors (Lipinski definition) is 7. The Bertz CT molecular complexity index is 371. The number of carbonyl (C=O) groups is 2. The zero-order valence-electron chi connectivity index (χ0n) is 10.6. The summed E-state index contributed by atoms with van der Waals surface area (Å²) in [5.74, 6) is -1.17. The largest absolute Gasteiger partial charge is 0.529 e. The van der Waals surface area contributed by atoms with Gasteiger partial charge in [-0.2, -0.15) is 0 Å². The van der Waals surface area contributed by atoms with E-state index in [1.165, 1.54) is 14.0 Å². The Morgan fingerprint density at radius 1 is 1.22 bits per heavy atom. The molecule has 0 rings (SSSR count). The molecule has 0 aromatic heterocycles. The highest BCUT2D eigenvalue weighted by atomic mass is 31.2. The van der Waals surface area contributed by atoms with Crippen molar-refractivity contribution in [2.24, 2.45) is 0 Å². The van der Waals surface area contributed by atoms with E-state index in [1.807, 2.05) is 0 Å². The Balaban J connectivity index is 4.37. The third-order valence-corrected chi connectivity index (χ3v) is 3.08. The standard InChI is InChI=1S/C9H16NO7P/c1-7(17-18(13,15-3)16-4)5-8(11)10-6-9(12)14-2/h5H,6H2,1-4H3,(H,10,11)/b7-5-. The lowest BCUT2D eigenvalue weighted by Gasteiger charge is -2.14. The van der Waals surface area contributed by atoms with Crippen LogP contribution in [0.5, 0.6) is 0 Å². The van der Waals surface area contributed by atoms with Crippen LogP contribution in [0.15, 0.2) is 11.8 Å². The van der Waals surface area contributed by atoms with Crippen molar-refractivity contribution in [3.05, 3.63) is 11.8 Å². The fourth-order valence-corrected chi connectivity index (χ4v) is 1.52. The third-order valence-electron chi connectivity index (χ3n) is 1.67. The van der Waals surface area contributed by atoms with Gasteiger partial charge in [-0.05, 0) is 6.92 Å². The lowest BCUT2D eigenvalue weighted by atomic mass is 10.4. The minimum atomic E-state index is -3.68. The van der Waals surface area contributed by atoms with Gasteiger partial charge in [-0.1, -0.05) is 0 Å². The van der Waals surface area contributed by atoms with E-state index >= 15 is 0 Å². The second-order valence-electron chi connectivity index (χ2n) is 2.95. The smallest absolute Gasteiger partial charge is 0.468 e. The van der Waals surface area contributed by atoms with Gasteiger partial charge in [0.05, 0.1) is 7.11 Å². The summed E-state index contributed by atoms with van der Waals surface area (Å²) in [7, 11) is -0.181. The maximum Gasteiger partial charge on any atom is 0.529 e. The van der Waals surface area contributed by atoms with Crippen molar-refractivity contribution < 1.29 is 32.5 Å². The van der Waals surface area contributed by atoms with Crippen molar-refractivity contribution in [1.82, 2.24) is 5.32 Å². The summed E-state index contributed by atoms with van der Waals surface area (Å²) >= 11 is 0. The van der Waals surface area contributed by atoms with Crippen LogP contribution < -0.4 is 5.32 Å². The molecule has 1 N–H and O–H groups in total. The number of carbonyl (C=O) groups excluding carboxylic acids is 2. The molecule has 0 aliphatic rings. The first-order chi connectivity index (χ1) is 8.36. The van der Waals surface area contributed by atoms with Gasteiger partial charge >= 0.3 is 13.8 Å². The molecule has 0 saturated carbocycles. The van der Waals surface area contributed by atoms with Crippen LogP contribution in [0.2, 0.25) is 0 Å². The lowest BCUT2D eigenvalue weighted by molar-refractivity contribution is -0.140. The highest BCUT2D eigenvalue weighted by Gasteiger charge is 2.24. The number of nitrogens with one attached hydrogen (secondary N) is 1. The van der Waals surface area contributed by atoms with E-state index in [2.05, 4.69) is 19.1 Å². The van der Waals surface area contributed by atoms with Crippen LogP contribution in [0.25, 0.3) is 0 Å². The van der Waals surface area contributed by atoms with Gasteiger partial charge in [0.25, 0.3) is 0 Å². The first kappa shape index (κ1) is 16.6. The van der Waals surface area contributed by atoms with E-state index in [0.717, 1.165) is 20.3 Å². The fraction of sp³-hybridized carbons (Fsp3) is 0.556. The highest BCUT2D eigenvalue weighted by Crippen LogP contribution is 2.49. The predicted molar refractivity (Wildman–Crippen MR) is 61.5 cm³/mol. The molecule has 9 heteroatoms. The number of allylic oxidation sites excluding steroid dienone is 1. The van der Waals surface area contributed by atoms with E-state index in [0.29, 0.717) is 0 Å². The van der Waals surface area contributed by atoms with Gasteiger partial charge in [0.15, 0.2) is 0 Å². The van der Waals surface area contributed by atoms with Gasteiger partial charge in [0.2, 0.25) is 5.91 Å². The van der Waals surface area contributed by atoms with Crippen LogP contribution in [0.4, 0.5) is 0 Å². The monoisotopic (exact) mass is 281 g/mol. The molecule has 0 fully saturated rings. The Hall–Kier alpha value is -1.37. The number of phosphoric ester groups is 1. The normalized spacial score (nSPS) is 11.9. The minimum Gasteiger partial charge on any atom is -0.468 e. The van der Waals surface area contributed by atoms with Gasteiger partial charge in [-0.25, -0.2) is 4.57 Å². The van der Waals surface area contributed by atoms with Crippen LogP contribution >= 0.6 is 7.82 Å². The number of methoxy groups -OCH3 is 1. The molecule has 0 aliphatic heterocycles. The van der Waals surface area contributed by atoms with E-state index < -0.39 is 19.7 Å². The molecule has 0 unspecified atom stereocenters. The van der Waals surface area contributed by atoms with Crippen molar-refractivity contribution in [1.29, 1.82) is 0 Å². The topological polar surface area (TPSA) is 100 Å². The van der Waals surface area contributed by atoms with Crippen LogP contribution in [0.1, 0.15) is 6.92 Å². The Morgan fingerprint density at radius 3 is 2.22 bits per heavy atom. The molecule has 0 radical (unpaired) electrons. The van der Waals surface area contributed by atoms with Crippen molar-refractivity contribution in [3.63, 3.8) is 0 Å². The molecule has 0 heterocycles. The average Bonchev–Trinajstić information content (AvgIpc) is 2.35. The van der Waals surface area contributed by atoms with Crippen molar-refractivity contribution in [2.75, 3.05) is 27.9 Å². The van der Waals surface area contributed by atoms with Crippen molar-refractivity contribution in [3.8, 4) is 0 Å². The van der Waals surface area contributed by atoms with Crippen molar-refractivity contribution >= 4 is 19.7 Å². The maximum absolute atomic E-state index is 11.5. The molecule has 0 aliphatic carbocycles. The Morgan fingerprint density at radius 2 is 1.78 bits per heavy atom. The van der Waals surface area contributed by atoms with Gasteiger partial charge in [0.1, 0.15) is 12.3 Å². The number of amides is 1. The predicted octanol–water partition coefficient (Wildman–Crippen LogP) is 0.597. The molecule has 8 nitrogen and oxygen atoms in total. The third kappa shape index (κ3) is 6.39. The molecule has 0 atom stereocenters. The summed E-state index contributed by atoms with van der Waals surface area (Å²) in [6, 6.07) is 0. The molecule has 104 valence electrons. The van der Waals surface area contributed by atoms with Gasteiger partial charge < -0.3 is 14.6 Å². The molecule has 18 heavy (non-hydrogen) atoms. The molecule has 0 aromatic carbocycles. The quantitative estimate of drug-likeness (QED) is 0.315. The fourth-order valence-electron chi connectivity index (χ4n) is 0.819. The van der Waals surface area contributed by atoms with Crippen LogP contribution in [0.3, 0.4) is 0 Å². The average molecular weight is 281 g/mol. The second kappa shape index (κ2) is 7.86. The lowest BCUT2D eigenvalue weighted by Crippen LogP contribution is -2.28. The summed E-state index contributed by atoms with van der Waals surface area (Å²) in [5.41, 5.74) is 0. The SMILES string of the molecule is COC(=O)CNC(=O)/C=C(/C)OP(=O)(OC)OC. The van der Waals surface area contributed by atoms with Crippen LogP contribution in [-0.4, -0.2) is 39.8 Å². The number of phosphoric acid groups is 1. The Labute approximate surface area is 105 Å². The van der Waals surface area contributed by atoms with E-state index in [4.69, 9.17) is 4.52 Å². The zero-order valence-corrected chi connectivity index (χ0v) is 11.5. The van der Waals surface area contributed by atoms with Gasteiger partial charge in [-0.15, -0.1) is 0 Å². The van der Waals surface area contributed by atoms with E-state index in [9.17, 15) is 14.2 Å². The number of hydrogen-bond donors (Lipinski definition) is 1. The molecule has 0 aromatic rings. The summed E-state index contributed by atoms with van der Waals surface area (Å²) in [5, 5.41) is 2.24. The summed E-state index contributed by atoms with van der Waals surface area (Å²) < 4.78 is 29.7. The molecule has 0 bridgehead atoms. The number of ether oxygens (including phenoxy) is 1. The zero-order chi connectivity index (χ0) is 14.2. The van der Waals surface area contributed by atoms with Crippen molar-refractivity contribution in [2.45, 2.75) is 6.92 Å². The molecular weight excluding hydrogens is 265 g/mol. The Kier molecular flexibility index (Phi) is 7.26. The molecule has 0 saturated heterocycles. The second-order valence-corrected chi connectivity index (χ2v) is 4.76. The van der Waals surface area contributed by atoms with E-state index in [1.54, 1.807) is 0 Å². The van der Waals surface area contributed by atoms with Gasteiger partial charge in [-0.3, -0.25) is 18.6 Å². The summed E-state index contributed by atoms with van der Waals surface area (Å²) in [4.78, 5) is 22.0.